The molecular weight excluding hydrogens is 419 g/mol. The first-order valence-electron chi connectivity index (χ1n) is 9.52. The molecule has 1 saturated heterocycles. The number of carboxylic acid groups (broad SMARTS) is 1. The monoisotopic (exact) mass is 443 g/mol. The van der Waals surface area contributed by atoms with Gasteiger partial charge in [0.15, 0.2) is 0 Å². The quantitative estimate of drug-likeness (QED) is 0.452. The maximum Gasteiger partial charge on any atom is 0.490 e. The second kappa shape index (κ2) is 10.3. The van der Waals surface area contributed by atoms with Crippen molar-refractivity contribution in [3.05, 3.63) is 42.0 Å². The molecule has 1 spiro atoms. The van der Waals surface area contributed by atoms with Crippen molar-refractivity contribution in [1.29, 1.82) is 0 Å². The maximum absolute atomic E-state index is 12.5. The van der Waals surface area contributed by atoms with E-state index < -0.39 is 12.1 Å². The summed E-state index contributed by atoms with van der Waals surface area (Å²) in [6, 6.07) is 7.01. The van der Waals surface area contributed by atoms with Crippen LogP contribution in [-0.4, -0.2) is 61.3 Å². The first-order valence-corrected chi connectivity index (χ1v) is 9.52. The molecule has 2 amide bonds. The predicted molar refractivity (Wildman–Crippen MR) is 105 cm³/mol. The van der Waals surface area contributed by atoms with Crippen LogP contribution >= 0.6 is 0 Å². The molecule has 0 saturated carbocycles. The number of rotatable bonds is 0. The number of carbonyl (C=O) groups excluding carboxylic acids is 2. The zero-order chi connectivity index (χ0) is 23.1. The standard InChI is InChI=1S/C18H23N3O3.C2HF3O2/c1-13-10-20-17(23)18(11-19-12-18)8-4-5-9-24-15-7-3-2-6-14(15)16(22)21-13;3-2(4,5)1(6)7/h2-7,13,19H,8-12H2,1H3,(H,20,23)(H,21,22);(H,6,7)/b5-4-;/t13-;/m1./s1. The molecule has 1 atom stereocenters. The Hall–Kier alpha value is -3.08. The van der Waals surface area contributed by atoms with E-state index in [4.69, 9.17) is 14.6 Å². The van der Waals surface area contributed by atoms with Gasteiger partial charge in [-0.3, -0.25) is 9.59 Å². The Labute approximate surface area is 176 Å². The van der Waals surface area contributed by atoms with Gasteiger partial charge < -0.3 is 25.8 Å². The summed E-state index contributed by atoms with van der Waals surface area (Å²) in [7, 11) is 0. The van der Waals surface area contributed by atoms with Gasteiger partial charge in [0.1, 0.15) is 12.4 Å². The fourth-order valence-corrected chi connectivity index (χ4v) is 2.91. The number of carboxylic acids is 1. The number of ether oxygens (including phenoxy) is 1. The van der Waals surface area contributed by atoms with Crippen molar-refractivity contribution in [2.24, 2.45) is 5.41 Å². The van der Waals surface area contributed by atoms with Gasteiger partial charge in [0.25, 0.3) is 5.91 Å². The molecule has 11 heteroatoms. The van der Waals surface area contributed by atoms with Gasteiger partial charge in [-0.15, -0.1) is 0 Å². The summed E-state index contributed by atoms with van der Waals surface area (Å²) in [5.74, 6) is -2.36. The van der Waals surface area contributed by atoms with Crippen LogP contribution in [0.3, 0.4) is 0 Å². The Bertz CT molecular complexity index is 838. The molecule has 31 heavy (non-hydrogen) atoms. The van der Waals surface area contributed by atoms with Crippen LogP contribution < -0.4 is 20.7 Å². The average molecular weight is 443 g/mol. The summed E-state index contributed by atoms with van der Waals surface area (Å²) in [4.78, 5) is 33.8. The summed E-state index contributed by atoms with van der Waals surface area (Å²) in [5.41, 5.74) is 0.114. The number of fused-ring (bicyclic) bond motifs is 1. The van der Waals surface area contributed by atoms with Gasteiger partial charge in [0.05, 0.1) is 11.0 Å². The summed E-state index contributed by atoms with van der Waals surface area (Å²) in [6.45, 7) is 3.99. The van der Waals surface area contributed by atoms with Crippen molar-refractivity contribution in [2.45, 2.75) is 25.6 Å². The molecule has 2 heterocycles. The van der Waals surface area contributed by atoms with E-state index in [0.29, 0.717) is 44.0 Å². The number of nitrogens with one attached hydrogen (secondary N) is 3. The number of amides is 2. The first kappa shape index (κ1) is 24.2. The molecule has 0 aromatic heterocycles. The van der Waals surface area contributed by atoms with E-state index in [2.05, 4.69) is 16.0 Å². The number of alkyl halides is 3. The van der Waals surface area contributed by atoms with E-state index in [-0.39, 0.29) is 23.3 Å². The molecule has 170 valence electrons. The van der Waals surface area contributed by atoms with Crippen LogP contribution in [0.1, 0.15) is 23.7 Å². The number of halogens is 3. The van der Waals surface area contributed by atoms with E-state index in [9.17, 15) is 22.8 Å². The Balaban J connectivity index is 0.000000423. The molecule has 0 bridgehead atoms. The topological polar surface area (TPSA) is 117 Å². The number of carbonyl (C=O) groups is 3. The smallest absolute Gasteiger partial charge is 0.489 e. The molecule has 2 aliphatic heterocycles. The van der Waals surface area contributed by atoms with Crippen LogP contribution in [0.15, 0.2) is 36.4 Å². The lowest BCUT2D eigenvalue weighted by atomic mass is 9.77. The summed E-state index contributed by atoms with van der Waals surface area (Å²) in [5, 5.41) is 16.2. The Kier molecular flexibility index (Phi) is 8.03. The van der Waals surface area contributed by atoms with Crippen molar-refractivity contribution in [1.82, 2.24) is 16.0 Å². The molecule has 4 N–H and O–H groups in total. The number of hydrogen-bond acceptors (Lipinski definition) is 5. The molecule has 1 fully saturated rings. The summed E-state index contributed by atoms with van der Waals surface area (Å²) >= 11 is 0. The molecule has 3 rings (SSSR count). The van der Waals surface area contributed by atoms with Gasteiger partial charge >= 0.3 is 12.1 Å². The third-order valence-electron chi connectivity index (χ3n) is 4.74. The molecule has 0 aliphatic carbocycles. The highest BCUT2D eigenvalue weighted by molar-refractivity contribution is 5.97. The van der Waals surface area contributed by atoms with Crippen LogP contribution in [0.5, 0.6) is 5.75 Å². The molecule has 2 aliphatic rings. The lowest BCUT2D eigenvalue weighted by Gasteiger charge is -2.40. The third-order valence-corrected chi connectivity index (χ3v) is 4.74. The van der Waals surface area contributed by atoms with Gasteiger partial charge in [-0.1, -0.05) is 24.3 Å². The van der Waals surface area contributed by atoms with E-state index in [1.54, 1.807) is 18.2 Å². The average Bonchev–Trinajstić information content (AvgIpc) is 2.67. The van der Waals surface area contributed by atoms with Crippen LogP contribution in [0.4, 0.5) is 13.2 Å². The van der Waals surface area contributed by atoms with Gasteiger partial charge in [-0.2, -0.15) is 13.2 Å². The number of hydrogen-bond donors (Lipinski definition) is 4. The predicted octanol–water partition coefficient (Wildman–Crippen LogP) is 1.48. The summed E-state index contributed by atoms with van der Waals surface area (Å²) in [6.07, 6.45) is -0.522. The first-order chi connectivity index (χ1) is 14.5. The molecular formula is C20H24F3N3O5. The lowest BCUT2D eigenvalue weighted by molar-refractivity contribution is -0.192. The van der Waals surface area contributed by atoms with Crippen molar-refractivity contribution in [3.8, 4) is 5.75 Å². The van der Waals surface area contributed by atoms with E-state index >= 15 is 0 Å². The highest BCUT2D eigenvalue weighted by atomic mass is 19.4. The van der Waals surface area contributed by atoms with Crippen LogP contribution in [-0.2, 0) is 9.59 Å². The largest absolute Gasteiger partial charge is 0.490 e. The van der Waals surface area contributed by atoms with Gasteiger partial charge in [0, 0.05) is 25.7 Å². The number of benzene rings is 1. The zero-order valence-corrected chi connectivity index (χ0v) is 16.8. The zero-order valence-electron chi connectivity index (χ0n) is 16.8. The molecule has 1 aromatic rings. The van der Waals surface area contributed by atoms with Crippen LogP contribution in [0, 0.1) is 5.41 Å². The van der Waals surface area contributed by atoms with Gasteiger partial charge in [-0.25, -0.2) is 4.79 Å². The molecule has 8 nitrogen and oxygen atoms in total. The van der Waals surface area contributed by atoms with Gasteiger partial charge in [0.2, 0.25) is 5.91 Å². The van der Waals surface area contributed by atoms with Crippen LogP contribution in [0.25, 0.3) is 0 Å². The minimum Gasteiger partial charge on any atom is -0.489 e. The minimum absolute atomic E-state index is 0.0328. The van der Waals surface area contributed by atoms with Gasteiger partial charge in [-0.05, 0) is 25.5 Å². The number of para-hydroxylation sites is 1. The second-order valence-corrected chi connectivity index (χ2v) is 7.25. The summed E-state index contributed by atoms with van der Waals surface area (Å²) < 4.78 is 37.5. The molecule has 1 aromatic carbocycles. The normalized spacial score (nSPS) is 22.1. The highest BCUT2D eigenvalue weighted by Gasteiger charge is 2.43. The SMILES string of the molecule is C[C@@H]1CNC(=O)C2(C/C=C\COc3ccccc3C(=O)N1)CNC2.O=C(O)C(F)(F)F. The molecule has 0 radical (unpaired) electrons. The number of allylic oxidation sites excluding steroid dienone is 1. The van der Waals surface area contributed by atoms with Crippen molar-refractivity contribution >= 4 is 17.8 Å². The third kappa shape index (κ3) is 6.71. The Morgan fingerprint density at radius 3 is 2.42 bits per heavy atom. The van der Waals surface area contributed by atoms with Crippen molar-refractivity contribution in [3.63, 3.8) is 0 Å². The van der Waals surface area contributed by atoms with Crippen molar-refractivity contribution < 1.29 is 37.4 Å². The lowest BCUT2D eigenvalue weighted by Crippen LogP contribution is -2.62. The fourth-order valence-electron chi connectivity index (χ4n) is 2.91. The van der Waals surface area contributed by atoms with E-state index in [1.165, 1.54) is 0 Å². The Morgan fingerprint density at radius 1 is 1.19 bits per heavy atom. The maximum atomic E-state index is 12.5. The second-order valence-electron chi connectivity index (χ2n) is 7.25. The fraction of sp³-hybridized carbons (Fsp3) is 0.450. The molecule has 0 unspecified atom stereocenters. The number of aliphatic carboxylic acids is 1. The van der Waals surface area contributed by atoms with E-state index in [1.807, 2.05) is 25.1 Å². The Morgan fingerprint density at radius 2 is 1.84 bits per heavy atom. The van der Waals surface area contributed by atoms with E-state index in [0.717, 1.165) is 0 Å². The van der Waals surface area contributed by atoms with Crippen LogP contribution in [0.2, 0.25) is 0 Å². The van der Waals surface area contributed by atoms with Crippen molar-refractivity contribution in [2.75, 3.05) is 26.2 Å². The minimum atomic E-state index is -5.08. The highest BCUT2D eigenvalue weighted by Crippen LogP contribution is 2.28.